The average molecular weight is 234 g/mol. The van der Waals surface area contributed by atoms with Gasteiger partial charge < -0.3 is 9.52 Å². The van der Waals surface area contributed by atoms with Crippen LogP contribution < -0.4 is 0 Å². The second-order valence-electron chi connectivity index (χ2n) is 4.03. The van der Waals surface area contributed by atoms with Gasteiger partial charge >= 0.3 is 0 Å². The summed E-state index contributed by atoms with van der Waals surface area (Å²) in [6.07, 6.45) is 2.43. The molecule has 2 heterocycles. The highest BCUT2D eigenvalue weighted by molar-refractivity contribution is 5.14. The van der Waals surface area contributed by atoms with Crippen LogP contribution in [0.3, 0.4) is 0 Å². The van der Waals surface area contributed by atoms with E-state index in [1.165, 1.54) is 0 Å². The minimum atomic E-state index is -0.600. The zero-order chi connectivity index (χ0) is 12.3. The average Bonchev–Trinajstić information content (AvgIpc) is 2.97. The fourth-order valence-electron chi connectivity index (χ4n) is 1.91. The Kier molecular flexibility index (Phi) is 3.64. The van der Waals surface area contributed by atoms with Crippen LogP contribution in [0.15, 0.2) is 28.9 Å². The first-order valence-electron chi connectivity index (χ1n) is 6.01. The molecule has 2 rings (SSSR count). The van der Waals surface area contributed by atoms with Crippen molar-refractivity contribution in [3.63, 3.8) is 0 Å². The van der Waals surface area contributed by atoms with E-state index in [1.807, 2.05) is 4.68 Å². The molecule has 0 saturated carbocycles. The van der Waals surface area contributed by atoms with Crippen molar-refractivity contribution >= 4 is 0 Å². The topological polar surface area (TPSA) is 51.2 Å². The van der Waals surface area contributed by atoms with E-state index in [2.05, 4.69) is 25.0 Å². The molecule has 4 heteroatoms. The first-order chi connectivity index (χ1) is 8.24. The standard InChI is InChI=1S/C13H18N2O2/c1-3-10-8-11(15(4-2)14-10)9-12(16)13-6-5-7-17-13/h5-8,12,16H,3-4,9H2,1-2H3. The lowest BCUT2D eigenvalue weighted by Crippen LogP contribution is -2.07. The van der Waals surface area contributed by atoms with E-state index in [1.54, 1.807) is 18.4 Å². The first kappa shape index (κ1) is 11.9. The maximum atomic E-state index is 10.0. The summed E-state index contributed by atoms with van der Waals surface area (Å²) in [7, 11) is 0. The summed E-state index contributed by atoms with van der Waals surface area (Å²) in [6.45, 7) is 4.95. The van der Waals surface area contributed by atoms with Crippen LogP contribution in [0.4, 0.5) is 0 Å². The van der Waals surface area contributed by atoms with Crippen molar-refractivity contribution in [3.8, 4) is 0 Å². The van der Waals surface area contributed by atoms with Crippen LogP contribution in [0.25, 0.3) is 0 Å². The molecule has 0 saturated heterocycles. The molecule has 1 N–H and O–H groups in total. The summed E-state index contributed by atoms with van der Waals surface area (Å²) >= 11 is 0. The third-order valence-corrected chi connectivity index (χ3v) is 2.85. The maximum absolute atomic E-state index is 10.0. The molecule has 0 spiro atoms. The van der Waals surface area contributed by atoms with Crippen molar-refractivity contribution in [2.45, 2.75) is 39.3 Å². The Morgan fingerprint density at radius 2 is 2.29 bits per heavy atom. The second kappa shape index (κ2) is 5.19. The van der Waals surface area contributed by atoms with Gasteiger partial charge in [0, 0.05) is 18.7 Å². The van der Waals surface area contributed by atoms with E-state index in [0.717, 1.165) is 24.4 Å². The molecular formula is C13H18N2O2. The maximum Gasteiger partial charge on any atom is 0.132 e. The van der Waals surface area contributed by atoms with E-state index < -0.39 is 6.10 Å². The van der Waals surface area contributed by atoms with Crippen molar-refractivity contribution in [1.29, 1.82) is 0 Å². The number of aliphatic hydroxyl groups is 1. The Morgan fingerprint density at radius 3 is 2.88 bits per heavy atom. The summed E-state index contributed by atoms with van der Waals surface area (Å²) in [5.41, 5.74) is 2.11. The van der Waals surface area contributed by atoms with Gasteiger partial charge in [-0.2, -0.15) is 5.10 Å². The van der Waals surface area contributed by atoms with E-state index >= 15 is 0 Å². The van der Waals surface area contributed by atoms with Gasteiger partial charge in [0.05, 0.1) is 12.0 Å². The fraction of sp³-hybridized carbons (Fsp3) is 0.462. The predicted octanol–water partition coefficient (Wildman–Crippen LogP) is 2.33. The first-order valence-corrected chi connectivity index (χ1v) is 6.01. The van der Waals surface area contributed by atoms with E-state index in [-0.39, 0.29) is 0 Å². The predicted molar refractivity (Wildman–Crippen MR) is 64.7 cm³/mol. The van der Waals surface area contributed by atoms with Crippen molar-refractivity contribution in [1.82, 2.24) is 9.78 Å². The summed E-state index contributed by atoms with van der Waals surface area (Å²) in [5, 5.41) is 14.5. The number of aryl methyl sites for hydroxylation is 2. The van der Waals surface area contributed by atoms with Crippen molar-refractivity contribution in [2.75, 3.05) is 0 Å². The molecule has 2 aromatic heterocycles. The van der Waals surface area contributed by atoms with Gasteiger partial charge in [0.15, 0.2) is 0 Å². The third kappa shape index (κ3) is 2.58. The van der Waals surface area contributed by atoms with Crippen LogP contribution in [0, 0.1) is 0 Å². The quantitative estimate of drug-likeness (QED) is 0.863. The Hall–Kier alpha value is -1.55. The van der Waals surface area contributed by atoms with Crippen molar-refractivity contribution in [3.05, 3.63) is 41.6 Å². The summed E-state index contributed by atoms with van der Waals surface area (Å²) in [5.74, 6) is 0.604. The van der Waals surface area contributed by atoms with Crippen LogP contribution in [0.2, 0.25) is 0 Å². The highest BCUT2D eigenvalue weighted by Gasteiger charge is 2.15. The molecule has 1 atom stereocenters. The zero-order valence-electron chi connectivity index (χ0n) is 10.3. The highest BCUT2D eigenvalue weighted by Crippen LogP contribution is 2.19. The van der Waals surface area contributed by atoms with Gasteiger partial charge in [0.1, 0.15) is 11.9 Å². The monoisotopic (exact) mass is 234 g/mol. The molecule has 0 aromatic carbocycles. The highest BCUT2D eigenvalue weighted by atomic mass is 16.4. The van der Waals surface area contributed by atoms with Gasteiger partial charge in [-0.25, -0.2) is 0 Å². The molecule has 0 fully saturated rings. The van der Waals surface area contributed by atoms with Gasteiger partial charge in [-0.05, 0) is 31.5 Å². The van der Waals surface area contributed by atoms with E-state index in [9.17, 15) is 5.11 Å². The molecule has 0 aliphatic heterocycles. The molecule has 0 bridgehead atoms. The van der Waals surface area contributed by atoms with Crippen LogP contribution in [-0.4, -0.2) is 14.9 Å². The van der Waals surface area contributed by atoms with Crippen LogP contribution >= 0.6 is 0 Å². The van der Waals surface area contributed by atoms with Gasteiger partial charge in [-0.3, -0.25) is 4.68 Å². The lowest BCUT2D eigenvalue weighted by atomic mass is 10.1. The molecular weight excluding hydrogens is 216 g/mol. The second-order valence-corrected chi connectivity index (χ2v) is 4.03. The number of nitrogens with zero attached hydrogens (tertiary/aromatic N) is 2. The van der Waals surface area contributed by atoms with Crippen LogP contribution in [0.5, 0.6) is 0 Å². The summed E-state index contributed by atoms with van der Waals surface area (Å²) in [6, 6.07) is 5.63. The van der Waals surface area contributed by atoms with Crippen LogP contribution in [0.1, 0.15) is 37.1 Å². The molecule has 1 unspecified atom stereocenters. The van der Waals surface area contributed by atoms with Gasteiger partial charge in [-0.15, -0.1) is 0 Å². The minimum Gasteiger partial charge on any atom is -0.467 e. The minimum absolute atomic E-state index is 0.536. The molecule has 0 aliphatic carbocycles. The summed E-state index contributed by atoms with van der Waals surface area (Å²) in [4.78, 5) is 0. The molecule has 17 heavy (non-hydrogen) atoms. The zero-order valence-corrected chi connectivity index (χ0v) is 10.3. The normalized spacial score (nSPS) is 12.9. The SMILES string of the molecule is CCc1cc(CC(O)c2ccco2)n(CC)n1. The van der Waals surface area contributed by atoms with Crippen LogP contribution in [-0.2, 0) is 19.4 Å². The smallest absolute Gasteiger partial charge is 0.132 e. The van der Waals surface area contributed by atoms with E-state index in [4.69, 9.17) is 4.42 Å². The number of hydrogen-bond donors (Lipinski definition) is 1. The Labute approximate surface area is 101 Å². The molecule has 4 nitrogen and oxygen atoms in total. The molecule has 0 aliphatic rings. The third-order valence-electron chi connectivity index (χ3n) is 2.85. The lowest BCUT2D eigenvalue weighted by Gasteiger charge is -2.08. The van der Waals surface area contributed by atoms with Crippen molar-refractivity contribution < 1.29 is 9.52 Å². The van der Waals surface area contributed by atoms with Crippen molar-refractivity contribution in [2.24, 2.45) is 0 Å². The summed E-state index contributed by atoms with van der Waals surface area (Å²) < 4.78 is 7.13. The Bertz CT molecular complexity index is 460. The largest absolute Gasteiger partial charge is 0.467 e. The number of rotatable bonds is 5. The number of aliphatic hydroxyl groups excluding tert-OH is 1. The number of aromatic nitrogens is 2. The number of furan rings is 1. The molecule has 92 valence electrons. The van der Waals surface area contributed by atoms with E-state index in [0.29, 0.717) is 12.2 Å². The fourth-order valence-corrected chi connectivity index (χ4v) is 1.91. The molecule has 2 aromatic rings. The van der Waals surface area contributed by atoms with Gasteiger partial charge in [-0.1, -0.05) is 6.92 Å². The molecule has 0 radical (unpaired) electrons. The number of hydrogen-bond acceptors (Lipinski definition) is 3. The molecule has 0 amide bonds. The Balaban J connectivity index is 2.15. The lowest BCUT2D eigenvalue weighted by molar-refractivity contribution is 0.147. The van der Waals surface area contributed by atoms with Gasteiger partial charge in [0.25, 0.3) is 0 Å². The van der Waals surface area contributed by atoms with Gasteiger partial charge in [0.2, 0.25) is 0 Å². The Morgan fingerprint density at radius 1 is 1.47 bits per heavy atom.